The normalized spacial score (nSPS) is 17.8. The number of halogens is 4. The average Bonchev–Trinajstić information content (AvgIpc) is 3.48. The lowest BCUT2D eigenvalue weighted by Gasteiger charge is -2.30. The van der Waals surface area contributed by atoms with Gasteiger partial charge < -0.3 is 19.9 Å². The maximum Gasteiger partial charge on any atom is 0.416 e. The summed E-state index contributed by atoms with van der Waals surface area (Å²) in [6.07, 6.45) is -5.37. The highest BCUT2D eigenvalue weighted by atomic mass is 79.9. The zero-order chi connectivity index (χ0) is 34.4. The molecule has 1 aliphatic heterocycles. The first-order valence-corrected chi connectivity index (χ1v) is 17.4. The number of nitrogens with zero attached hydrogens (tertiary/aromatic N) is 1. The van der Waals surface area contributed by atoms with Crippen molar-refractivity contribution in [1.29, 1.82) is 0 Å². The van der Waals surface area contributed by atoms with Crippen LogP contribution in [0.2, 0.25) is 0 Å². The number of benzene rings is 4. The highest BCUT2D eigenvalue weighted by Gasteiger charge is 2.53. The Labute approximate surface area is 284 Å². The fourth-order valence-electron chi connectivity index (χ4n) is 5.19. The summed E-state index contributed by atoms with van der Waals surface area (Å²) in [6.45, 7) is 0.169. The number of aliphatic imine (C=N–C) groups is 1. The molecule has 0 spiro atoms. The topological polar surface area (TPSA) is 114 Å². The molecular formula is C35H32BrF3N2O6S. The minimum Gasteiger partial charge on any atom is -0.494 e. The lowest BCUT2D eigenvalue weighted by atomic mass is 9.85. The second-order valence-electron chi connectivity index (χ2n) is 11.1. The van der Waals surface area contributed by atoms with Crippen LogP contribution in [0, 0.1) is 0 Å². The third kappa shape index (κ3) is 8.26. The Bertz CT molecular complexity index is 1840. The SMILES string of the molecule is O=C(NCc1ccc(C(F)(F)F)cc1)[C@]1(CCS(=O)(=O)c2ccccc2)N=C(c2ccc(OCCCO)cc2)O[C@@H]1c1ccc(Br)cc1. The van der Waals surface area contributed by atoms with E-state index in [4.69, 9.17) is 19.6 Å². The van der Waals surface area contributed by atoms with E-state index in [0.29, 0.717) is 35.5 Å². The summed E-state index contributed by atoms with van der Waals surface area (Å²) >= 11 is 3.42. The number of rotatable bonds is 13. The molecule has 0 radical (unpaired) electrons. The van der Waals surface area contributed by atoms with E-state index in [-0.39, 0.29) is 30.4 Å². The second kappa shape index (κ2) is 14.9. The maximum atomic E-state index is 14.3. The Morgan fingerprint density at radius 3 is 2.25 bits per heavy atom. The van der Waals surface area contributed by atoms with Crippen LogP contribution in [-0.4, -0.2) is 49.8 Å². The molecule has 0 bridgehead atoms. The maximum absolute atomic E-state index is 14.3. The highest BCUT2D eigenvalue weighted by Crippen LogP contribution is 2.43. The van der Waals surface area contributed by atoms with E-state index in [0.717, 1.165) is 16.6 Å². The molecule has 0 saturated carbocycles. The molecule has 8 nitrogen and oxygen atoms in total. The van der Waals surface area contributed by atoms with Gasteiger partial charge in [0.25, 0.3) is 5.91 Å². The highest BCUT2D eigenvalue weighted by molar-refractivity contribution is 9.10. The molecular weight excluding hydrogens is 713 g/mol. The van der Waals surface area contributed by atoms with E-state index < -0.39 is 44.9 Å². The Morgan fingerprint density at radius 2 is 1.62 bits per heavy atom. The number of alkyl halides is 3. The van der Waals surface area contributed by atoms with E-state index in [1.54, 1.807) is 66.7 Å². The molecule has 252 valence electrons. The fraction of sp³-hybridized carbons (Fsp3) is 0.257. The summed E-state index contributed by atoms with van der Waals surface area (Å²) in [4.78, 5) is 19.2. The largest absolute Gasteiger partial charge is 0.494 e. The van der Waals surface area contributed by atoms with Gasteiger partial charge in [-0.2, -0.15) is 13.2 Å². The number of aliphatic hydroxyl groups excluding tert-OH is 1. The minimum atomic E-state index is -4.51. The average molecular weight is 746 g/mol. The predicted octanol–water partition coefficient (Wildman–Crippen LogP) is 6.67. The van der Waals surface area contributed by atoms with Crippen molar-refractivity contribution < 1.29 is 41.0 Å². The number of amides is 1. The molecule has 0 saturated heterocycles. The van der Waals surface area contributed by atoms with Crippen molar-refractivity contribution in [3.63, 3.8) is 0 Å². The van der Waals surface area contributed by atoms with Gasteiger partial charge in [0, 0.05) is 36.0 Å². The van der Waals surface area contributed by atoms with Crippen LogP contribution in [0.25, 0.3) is 0 Å². The minimum absolute atomic E-state index is 0.0107. The molecule has 0 aliphatic carbocycles. The lowest BCUT2D eigenvalue weighted by molar-refractivity contribution is -0.137. The van der Waals surface area contributed by atoms with Gasteiger partial charge in [0.2, 0.25) is 5.90 Å². The number of ether oxygens (including phenoxy) is 2. The van der Waals surface area contributed by atoms with Crippen molar-refractivity contribution in [3.8, 4) is 5.75 Å². The summed E-state index contributed by atoms with van der Waals surface area (Å²) in [5.74, 6) is -0.455. The smallest absolute Gasteiger partial charge is 0.416 e. The first-order chi connectivity index (χ1) is 22.9. The number of hydrogen-bond donors (Lipinski definition) is 2. The van der Waals surface area contributed by atoms with Gasteiger partial charge in [0.1, 0.15) is 5.75 Å². The van der Waals surface area contributed by atoms with Crippen LogP contribution < -0.4 is 10.1 Å². The van der Waals surface area contributed by atoms with E-state index in [9.17, 15) is 26.4 Å². The Hall–Kier alpha value is -4.20. The van der Waals surface area contributed by atoms with Crippen LogP contribution >= 0.6 is 15.9 Å². The van der Waals surface area contributed by atoms with Crippen molar-refractivity contribution in [3.05, 3.63) is 130 Å². The number of carbonyl (C=O) groups is 1. The molecule has 0 unspecified atom stereocenters. The fourth-order valence-corrected chi connectivity index (χ4v) is 6.84. The Balaban J connectivity index is 1.53. The van der Waals surface area contributed by atoms with E-state index >= 15 is 0 Å². The van der Waals surface area contributed by atoms with Gasteiger partial charge in [0.15, 0.2) is 21.5 Å². The zero-order valence-electron chi connectivity index (χ0n) is 25.5. The molecule has 2 atom stereocenters. The number of sulfone groups is 1. The molecule has 0 aromatic heterocycles. The third-order valence-electron chi connectivity index (χ3n) is 7.79. The van der Waals surface area contributed by atoms with Crippen molar-refractivity contribution in [2.45, 2.75) is 42.1 Å². The molecule has 1 heterocycles. The molecule has 4 aromatic rings. The molecule has 0 fully saturated rings. The quantitative estimate of drug-likeness (QED) is 0.148. The molecule has 1 amide bonds. The molecule has 2 N–H and O–H groups in total. The van der Waals surface area contributed by atoms with Gasteiger partial charge in [-0.15, -0.1) is 0 Å². The Morgan fingerprint density at radius 1 is 0.958 bits per heavy atom. The second-order valence-corrected chi connectivity index (χ2v) is 14.1. The lowest BCUT2D eigenvalue weighted by Crippen LogP contribution is -2.49. The molecule has 4 aromatic carbocycles. The molecule has 13 heteroatoms. The number of hydrogen-bond acceptors (Lipinski definition) is 7. The van der Waals surface area contributed by atoms with Gasteiger partial charge in [0.05, 0.1) is 22.8 Å². The number of nitrogens with one attached hydrogen (secondary N) is 1. The van der Waals surface area contributed by atoms with Gasteiger partial charge in [-0.1, -0.05) is 58.4 Å². The molecule has 5 rings (SSSR count). The van der Waals surface area contributed by atoms with Gasteiger partial charge >= 0.3 is 6.18 Å². The standard InChI is InChI=1S/C35H32BrF3N2O6S/c36-28-15-9-25(10-16-28)31-34(19-22-48(44,45)30-5-2-1-3-6-30,33(43)40-23-24-7-13-27(14-8-24)35(37,38)39)41-32(47-31)26-11-17-29(18-12-26)46-21-4-20-42/h1-3,5-18,31,42H,4,19-23H2,(H,40,43)/t31-,34-/m1/s1. The van der Waals surface area contributed by atoms with Crippen molar-refractivity contribution in [2.24, 2.45) is 4.99 Å². The Kier molecular flexibility index (Phi) is 10.9. The monoisotopic (exact) mass is 744 g/mol. The van der Waals surface area contributed by atoms with Crippen LogP contribution in [0.15, 0.2) is 117 Å². The van der Waals surface area contributed by atoms with Gasteiger partial charge in [-0.25, -0.2) is 13.4 Å². The number of carbonyl (C=O) groups excluding carboxylic acids is 1. The first-order valence-electron chi connectivity index (χ1n) is 15.0. The summed E-state index contributed by atoms with van der Waals surface area (Å²) in [5, 5.41) is 11.8. The van der Waals surface area contributed by atoms with E-state index in [2.05, 4.69) is 21.2 Å². The summed E-state index contributed by atoms with van der Waals surface area (Å²) in [5.41, 5.74) is -1.13. The van der Waals surface area contributed by atoms with Crippen molar-refractivity contribution in [1.82, 2.24) is 5.32 Å². The van der Waals surface area contributed by atoms with Gasteiger partial charge in [-0.05, 0) is 71.8 Å². The molecule has 1 aliphatic rings. The van der Waals surface area contributed by atoms with Crippen LogP contribution in [-0.2, 0) is 32.1 Å². The van der Waals surface area contributed by atoms with Crippen LogP contribution in [0.3, 0.4) is 0 Å². The van der Waals surface area contributed by atoms with Gasteiger partial charge in [-0.3, -0.25) is 4.79 Å². The van der Waals surface area contributed by atoms with Crippen LogP contribution in [0.4, 0.5) is 13.2 Å². The van der Waals surface area contributed by atoms with E-state index in [1.165, 1.54) is 24.3 Å². The van der Waals surface area contributed by atoms with Crippen LogP contribution in [0.1, 0.15) is 41.2 Å². The number of aliphatic hydroxyl groups is 1. The van der Waals surface area contributed by atoms with Crippen molar-refractivity contribution >= 4 is 37.6 Å². The third-order valence-corrected chi connectivity index (χ3v) is 10.1. The van der Waals surface area contributed by atoms with E-state index in [1.807, 2.05) is 0 Å². The predicted molar refractivity (Wildman–Crippen MR) is 177 cm³/mol. The van der Waals surface area contributed by atoms with Crippen molar-refractivity contribution in [2.75, 3.05) is 19.0 Å². The summed E-state index contributed by atoms with van der Waals surface area (Å²) < 4.78 is 79.1. The first kappa shape index (κ1) is 35.1. The molecule has 48 heavy (non-hydrogen) atoms. The summed E-state index contributed by atoms with van der Waals surface area (Å²) in [6, 6.07) is 26.1. The zero-order valence-corrected chi connectivity index (χ0v) is 27.9. The summed E-state index contributed by atoms with van der Waals surface area (Å²) in [7, 11) is -3.87. The van der Waals surface area contributed by atoms with Crippen LogP contribution in [0.5, 0.6) is 5.75 Å².